The highest BCUT2D eigenvalue weighted by Gasteiger charge is 2.42. The monoisotopic (exact) mass is 496 g/mol. The summed E-state index contributed by atoms with van der Waals surface area (Å²) in [5.74, 6) is 0. The molecule has 6 nitrogen and oxygen atoms in total. The fourth-order valence-electron chi connectivity index (χ4n) is 4.62. The maximum Gasteiger partial charge on any atom is 0.194 e. The van der Waals surface area contributed by atoms with Crippen molar-refractivity contribution >= 4 is 50.3 Å². The molecule has 0 radical (unpaired) electrons. The number of hydrogen-bond donors (Lipinski definition) is 1. The molecule has 174 valence electrons. The standard InChI is InChI=1S/C27H24N6S2/c1-31(2)18-12-14-19(15-13-18)33-25(24(30-26(33)34)21-9-5-6-16-28-21)22-10-7-17-32(22)27-29-20-8-3-4-11-23(20)35-27/h3-17,24-25H,1-2H3,(H,30,34)/t24-,25-/m0/s1. The number of para-hydroxylation sites is 1. The van der Waals surface area contributed by atoms with E-state index < -0.39 is 0 Å². The SMILES string of the molecule is CN(C)c1ccc(N2C(=S)N[C@@H](c3ccccn3)[C@@H]2c2cccn2-c2nc3ccccc3s2)cc1. The van der Waals surface area contributed by atoms with Crippen LogP contribution in [0, 0.1) is 0 Å². The van der Waals surface area contributed by atoms with Gasteiger partial charge in [-0.2, -0.15) is 0 Å². The highest BCUT2D eigenvalue weighted by Crippen LogP contribution is 2.43. The Hall–Kier alpha value is -3.75. The maximum atomic E-state index is 5.90. The molecule has 0 unspecified atom stereocenters. The van der Waals surface area contributed by atoms with Gasteiger partial charge in [0, 0.05) is 37.9 Å². The van der Waals surface area contributed by atoms with Gasteiger partial charge in [-0.25, -0.2) is 4.98 Å². The fourth-order valence-corrected chi connectivity index (χ4v) is 5.93. The first kappa shape index (κ1) is 21.8. The third-order valence-corrected chi connectivity index (χ3v) is 7.66. The quantitative estimate of drug-likeness (QED) is 0.314. The van der Waals surface area contributed by atoms with Gasteiger partial charge in [0.1, 0.15) is 6.04 Å². The first-order chi connectivity index (χ1) is 17.1. The zero-order valence-corrected chi connectivity index (χ0v) is 21.0. The fraction of sp³-hybridized carbons (Fsp3) is 0.148. The number of thiazole rings is 1. The number of benzene rings is 2. The van der Waals surface area contributed by atoms with Crippen LogP contribution in [0.15, 0.2) is 91.3 Å². The molecule has 0 amide bonds. The van der Waals surface area contributed by atoms with Crippen LogP contribution in [0.3, 0.4) is 0 Å². The Kier molecular flexibility index (Phi) is 5.47. The van der Waals surface area contributed by atoms with Crippen molar-refractivity contribution in [2.24, 2.45) is 0 Å². The molecule has 1 aliphatic heterocycles. The van der Waals surface area contributed by atoms with Crippen LogP contribution in [0.25, 0.3) is 15.3 Å². The van der Waals surface area contributed by atoms with Crippen molar-refractivity contribution in [2.45, 2.75) is 12.1 Å². The minimum atomic E-state index is -0.111. The third-order valence-electron chi connectivity index (χ3n) is 6.31. The Labute approximate surface area is 213 Å². The van der Waals surface area contributed by atoms with Crippen LogP contribution < -0.4 is 15.1 Å². The topological polar surface area (TPSA) is 49.2 Å². The second-order valence-corrected chi connectivity index (χ2v) is 10.1. The number of fused-ring (bicyclic) bond motifs is 1. The molecule has 1 N–H and O–H groups in total. The lowest BCUT2D eigenvalue weighted by molar-refractivity contribution is 0.549. The van der Waals surface area contributed by atoms with E-state index in [2.05, 4.69) is 91.5 Å². The second-order valence-electron chi connectivity index (χ2n) is 8.67. The summed E-state index contributed by atoms with van der Waals surface area (Å²) in [6.07, 6.45) is 3.91. The van der Waals surface area contributed by atoms with Gasteiger partial charge in [-0.3, -0.25) is 9.55 Å². The minimum Gasteiger partial charge on any atom is -0.378 e. The van der Waals surface area contributed by atoms with Crippen LogP contribution in [0.4, 0.5) is 11.4 Å². The average Bonchev–Trinajstić information content (AvgIpc) is 3.60. The molecule has 0 spiro atoms. The normalized spacial score (nSPS) is 17.7. The number of thiocarbonyl (C=S) groups is 1. The van der Waals surface area contributed by atoms with E-state index in [0.29, 0.717) is 5.11 Å². The predicted octanol–water partition coefficient (Wildman–Crippen LogP) is 5.73. The number of rotatable bonds is 5. The van der Waals surface area contributed by atoms with Crippen LogP contribution in [-0.2, 0) is 0 Å². The first-order valence-electron chi connectivity index (χ1n) is 11.4. The molecular weight excluding hydrogens is 472 g/mol. The molecule has 1 fully saturated rings. The van der Waals surface area contributed by atoms with Crippen molar-refractivity contribution in [1.82, 2.24) is 19.9 Å². The zero-order valence-electron chi connectivity index (χ0n) is 19.4. The number of hydrogen-bond acceptors (Lipinski definition) is 5. The second kappa shape index (κ2) is 8.79. The van der Waals surface area contributed by atoms with E-state index in [9.17, 15) is 0 Å². The highest BCUT2D eigenvalue weighted by atomic mass is 32.1. The van der Waals surface area contributed by atoms with E-state index in [-0.39, 0.29) is 12.1 Å². The molecule has 3 aromatic heterocycles. The molecule has 4 heterocycles. The lowest BCUT2D eigenvalue weighted by Crippen LogP contribution is -2.30. The van der Waals surface area contributed by atoms with Gasteiger partial charge in [0.25, 0.3) is 0 Å². The number of aromatic nitrogens is 3. The van der Waals surface area contributed by atoms with Crippen molar-refractivity contribution in [1.29, 1.82) is 0 Å². The number of pyridine rings is 1. The summed E-state index contributed by atoms with van der Waals surface area (Å²) in [5.41, 5.74) is 5.23. The van der Waals surface area contributed by atoms with E-state index in [1.165, 1.54) is 4.70 Å². The third kappa shape index (κ3) is 3.84. The van der Waals surface area contributed by atoms with Gasteiger partial charge >= 0.3 is 0 Å². The van der Waals surface area contributed by atoms with Crippen molar-refractivity contribution in [3.63, 3.8) is 0 Å². The van der Waals surface area contributed by atoms with Crippen LogP contribution >= 0.6 is 23.6 Å². The lowest BCUT2D eigenvalue weighted by Gasteiger charge is -2.29. The van der Waals surface area contributed by atoms with Crippen molar-refractivity contribution in [3.8, 4) is 5.13 Å². The summed E-state index contributed by atoms with van der Waals surface area (Å²) >= 11 is 7.59. The van der Waals surface area contributed by atoms with Crippen molar-refractivity contribution in [3.05, 3.63) is 103 Å². The molecule has 0 bridgehead atoms. The van der Waals surface area contributed by atoms with E-state index in [0.717, 1.165) is 33.4 Å². The molecule has 6 rings (SSSR count). The highest BCUT2D eigenvalue weighted by molar-refractivity contribution is 7.80. The minimum absolute atomic E-state index is 0.107. The Morgan fingerprint density at radius 1 is 0.943 bits per heavy atom. The van der Waals surface area contributed by atoms with Gasteiger partial charge < -0.3 is 15.1 Å². The predicted molar refractivity (Wildman–Crippen MR) is 148 cm³/mol. The van der Waals surface area contributed by atoms with E-state index in [4.69, 9.17) is 17.2 Å². The van der Waals surface area contributed by atoms with E-state index >= 15 is 0 Å². The Bertz CT molecular complexity index is 1460. The van der Waals surface area contributed by atoms with Gasteiger partial charge in [-0.1, -0.05) is 29.5 Å². The molecule has 0 saturated carbocycles. The van der Waals surface area contributed by atoms with Crippen LogP contribution in [-0.4, -0.2) is 33.7 Å². The van der Waals surface area contributed by atoms with Crippen LogP contribution in [0.5, 0.6) is 0 Å². The molecule has 35 heavy (non-hydrogen) atoms. The average molecular weight is 497 g/mol. The molecule has 2 atom stereocenters. The summed E-state index contributed by atoms with van der Waals surface area (Å²) in [7, 11) is 4.09. The molecule has 2 aromatic carbocycles. The molecular formula is C27H24N6S2. The Morgan fingerprint density at radius 3 is 2.49 bits per heavy atom. The summed E-state index contributed by atoms with van der Waals surface area (Å²) in [6.45, 7) is 0. The first-order valence-corrected chi connectivity index (χ1v) is 12.6. The largest absolute Gasteiger partial charge is 0.378 e. The Balaban J connectivity index is 1.49. The number of nitrogens with one attached hydrogen (secondary N) is 1. The zero-order chi connectivity index (χ0) is 23.9. The maximum absolute atomic E-state index is 5.90. The van der Waals surface area contributed by atoms with Gasteiger partial charge in [-0.05, 0) is 72.9 Å². The van der Waals surface area contributed by atoms with Gasteiger partial charge in [-0.15, -0.1) is 0 Å². The van der Waals surface area contributed by atoms with Crippen LogP contribution in [0.2, 0.25) is 0 Å². The van der Waals surface area contributed by atoms with Crippen LogP contribution in [0.1, 0.15) is 23.5 Å². The molecule has 8 heteroatoms. The van der Waals surface area contributed by atoms with Gasteiger partial charge in [0.15, 0.2) is 10.2 Å². The Morgan fingerprint density at radius 2 is 1.74 bits per heavy atom. The summed E-state index contributed by atoms with van der Waals surface area (Å²) < 4.78 is 3.35. The van der Waals surface area contributed by atoms with Gasteiger partial charge in [0.05, 0.1) is 27.6 Å². The molecule has 0 aliphatic carbocycles. The molecule has 1 aliphatic rings. The smallest absolute Gasteiger partial charge is 0.194 e. The summed E-state index contributed by atoms with van der Waals surface area (Å²) in [5, 5.41) is 5.17. The lowest BCUT2D eigenvalue weighted by atomic mass is 10.0. The number of nitrogens with zero attached hydrogens (tertiary/aromatic N) is 5. The molecule has 1 saturated heterocycles. The molecule has 5 aromatic rings. The van der Waals surface area contributed by atoms with Crippen molar-refractivity contribution < 1.29 is 0 Å². The van der Waals surface area contributed by atoms with E-state index in [1.807, 2.05) is 38.5 Å². The number of anilines is 2. The van der Waals surface area contributed by atoms with E-state index in [1.54, 1.807) is 11.3 Å². The van der Waals surface area contributed by atoms with Crippen molar-refractivity contribution in [2.75, 3.05) is 23.9 Å². The summed E-state index contributed by atoms with van der Waals surface area (Å²) in [4.78, 5) is 13.9. The van der Waals surface area contributed by atoms with Gasteiger partial charge in [0.2, 0.25) is 0 Å². The summed E-state index contributed by atoms with van der Waals surface area (Å²) in [6, 6.07) is 26.8.